The van der Waals surface area contributed by atoms with Crippen LogP contribution in [0.15, 0.2) is 24.3 Å². The molecule has 0 N–H and O–H groups in total. The average Bonchev–Trinajstić information content (AvgIpc) is 3.19. The van der Waals surface area contributed by atoms with Gasteiger partial charge in [0, 0.05) is 37.8 Å². The second-order valence-corrected chi connectivity index (χ2v) is 6.13. The van der Waals surface area contributed by atoms with Gasteiger partial charge in [0.05, 0.1) is 6.04 Å². The van der Waals surface area contributed by atoms with Crippen LogP contribution in [-0.4, -0.2) is 48.1 Å². The molecule has 0 unspecified atom stereocenters. The van der Waals surface area contributed by atoms with Crippen molar-refractivity contribution in [3.8, 4) is 6.19 Å². The largest absolute Gasteiger partial charge is 0.324 e. The summed E-state index contributed by atoms with van der Waals surface area (Å²) in [7, 11) is 0. The highest BCUT2D eigenvalue weighted by Crippen LogP contribution is 2.34. The van der Waals surface area contributed by atoms with E-state index in [0.29, 0.717) is 12.5 Å². The molecule has 2 saturated heterocycles. The fraction of sp³-hybridized carbons (Fsp3) is 0.500. The van der Waals surface area contributed by atoms with Crippen LogP contribution < -0.4 is 4.90 Å². The van der Waals surface area contributed by atoms with Crippen LogP contribution in [0, 0.1) is 17.4 Å². The van der Waals surface area contributed by atoms with E-state index >= 15 is 0 Å². The summed E-state index contributed by atoms with van der Waals surface area (Å²) < 4.78 is 0. The zero-order valence-electron chi connectivity index (χ0n) is 11.9. The van der Waals surface area contributed by atoms with Gasteiger partial charge in [-0.15, -0.1) is 0 Å². The molecule has 3 heterocycles. The molecular formula is C16H18N4O. The molecule has 3 aliphatic heterocycles. The van der Waals surface area contributed by atoms with Crippen molar-refractivity contribution in [2.45, 2.75) is 18.9 Å². The summed E-state index contributed by atoms with van der Waals surface area (Å²) in [6, 6.07) is 8.48. The summed E-state index contributed by atoms with van der Waals surface area (Å²) in [6.07, 6.45) is 4.18. The number of likely N-dealkylation sites (tertiary alicyclic amines) is 2. The van der Waals surface area contributed by atoms with Gasteiger partial charge in [0.2, 0.25) is 0 Å². The second kappa shape index (κ2) is 4.66. The minimum Gasteiger partial charge on any atom is -0.319 e. The van der Waals surface area contributed by atoms with Gasteiger partial charge in [0.15, 0.2) is 6.19 Å². The lowest BCUT2D eigenvalue weighted by molar-refractivity contribution is 0.197. The predicted molar refractivity (Wildman–Crippen MR) is 78.7 cm³/mol. The van der Waals surface area contributed by atoms with E-state index in [4.69, 9.17) is 5.26 Å². The molecule has 5 nitrogen and oxygen atoms in total. The van der Waals surface area contributed by atoms with Gasteiger partial charge in [0.25, 0.3) is 0 Å². The van der Waals surface area contributed by atoms with E-state index < -0.39 is 0 Å². The number of carbonyl (C=O) groups excluding carboxylic acids is 1. The predicted octanol–water partition coefficient (Wildman–Crippen LogP) is 1.66. The van der Waals surface area contributed by atoms with Crippen molar-refractivity contribution >= 4 is 11.7 Å². The number of nitriles is 1. The first-order chi connectivity index (χ1) is 10.3. The zero-order chi connectivity index (χ0) is 14.4. The van der Waals surface area contributed by atoms with Crippen molar-refractivity contribution in [3.63, 3.8) is 0 Å². The number of carbonyl (C=O) groups is 1. The third-order valence-electron chi connectivity index (χ3n) is 5.05. The zero-order valence-corrected chi connectivity index (χ0v) is 11.9. The Labute approximate surface area is 124 Å². The maximum atomic E-state index is 12.9. The third kappa shape index (κ3) is 1.86. The van der Waals surface area contributed by atoms with Gasteiger partial charge in [-0.25, -0.2) is 4.79 Å². The molecule has 5 heteroatoms. The Morgan fingerprint density at radius 1 is 1.24 bits per heavy atom. The first kappa shape index (κ1) is 12.5. The van der Waals surface area contributed by atoms with Crippen LogP contribution in [-0.2, 0) is 6.42 Å². The maximum absolute atomic E-state index is 12.9. The molecule has 0 radical (unpaired) electrons. The van der Waals surface area contributed by atoms with E-state index in [1.165, 1.54) is 5.56 Å². The van der Waals surface area contributed by atoms with Crippen molar-refractivity contribution in [3.05, 3.63) is 29.8 Å². The number of hydrogen-bond acceptors (Lipinski definition) is 3. The van der Waals surface area contributed by atoms with Crippen molar-refractivity contribution < 1.29 is 4.79 Å². The second-order valence-electron chi connectivity index (χ2n) is 6.13. The Morgan fingerprint density at radius 3 is 2.95 bits per heavy atom. The molecule has 108 valence electrons. The molecule has 4 rings (SSSR count). The van der Waals surface area contributed by atoms with Crippen LogP contribution in [0.1, 0.15) is 12.0 Å². The van der Waals surface area contributed by atoms with Crippen LogP contribution in [0.25, 0.3) is 0 Å². The molecular weight excluding hydrogens is 264 g/mol. The van der Waals surface area contributed by atoms with E-state index in [9.17, 15) is 4.79 Å². The first-order valence-electron chi connectivity index (χ1n) is 7.58. The minimum absolute atomic E-state index is 0.118. The molecule has 0 saturated carbocycles. The monoisotopic (exact) mass is 282 g/mol. The molecule has 0 aromatic heterocycles. The van der Waals surface area contributed by atoms with Crippen LogP contribution in [0.2, 0.25) is 0 Å². The fourth-order valence-corrected chi connectivity index (χ4v) is 3.97. The molecule has 21 heavy (non-hydrogen) atoms. The quantitative estimate of drug-likeness (QED) is 0.680. The number of hydrogen-bond donors (Lipinski definition) is 0. The lowest BCUT2D eigenvalue weighted by Crippen LogP contribution is -2.47. The molecule has 2 fully saturated rings. The van der Waals surface area contributed by atoms with E-state index in [2.05, 4.69) is 12.3 Å². The number of urea groups is 1. The Hall–Kier alpha value is -2.22. The van der Waals surface area contributed by atoms with Crippen molar-refractivity contribution in [1.82, 2.24) is 9.80 Å². The van der Waals surface area contributed by atoms with Gasteiger partial charge in [-0.1, -0.05) is 18.2 Å². The Balaban J connectivity index is 1.56. The van der Waals surface area contributed by atoms with Crippen molar-refractivity contribution in [2.75, 3.05) is 31.1 Å². The Bertz CT molecular complexity index is 623. The maximum Gasteiger partial charge on any atom is 0.324 e. The number of fused-ring (bicyclic) bond motifs is 2. The fourth-order valence-electron chi connectivity index (χ4n) is 3.97. The number of amides is 2. The normalized spacial score (nSPS) is 26.7. The van der Waals surface area contributed by atoms with Gasteiger partial charge in [-0.2, -0.15) is 5.26 Å². The van der Waals surface area contributed by atoms with Crippen LogP contribution >= 0.6 is 0 Å². The Kier molecular flexibility index (Phi) is 2.78. The number of benzene rings is 1. The molecule has 1 aromatic rings. The van der Waals surface area contributed by atoms with Crippen LogP contribution in [0.4, 0.5) is 10.5 Å². The topological polar surface area (TPSA) is 50.6 Å². The lowest BCUT2D eigenvalue weighted by Gasteiger charge is -2.29. The molecule has 0 spiro atoms. The molecule has 2 amide bonds. The summed E-state index contributed by atoms with van der Waals surface area (Å²) >= 11 is 0. The smallest absolute Gasteiger partial charge is 0.319 e. The highest BCUT2D eigenvalue weighted by Gasteiger charge is 2.45. The summed E-state index contributed by atoms with van der Waals surface area (Å²) in [5, 5.41) is 9.05. The summed E-state index contributed by atoms with van der Waals surface area (Å²) in [5.74, 6) is 0.464. The summed E-state index contributed by atoms with van der Waals surface area (Å²) in [6.45, 7) is 3.10. The Morgan fingerprint density at radius 2 is 2.10 bits per heavy atom. The van der Waals surface area contributed by atoms with E-state index in [1.54, 1.807) is 4.90 Å². The number of para-hydroxylation sites is 1. The number of anilines is 1. The van der Waals surface area contributed by atoms with Gasteiger partial charge in [-0.05, 0) is 24.5 Å². The van der Waals surface area contributed by atoms with Crippen molar-refractivity contribution in [2.24, 2.45) is 5.92 Å². The third-order valence-corrected chi connectivity index (χ3v) is 5.05. The minimum atomic E-state index is 0.118. The van der Waals surface area contributed by atoms with Crippen LogP contribution in [0.3, 0.4) is 0 Å². The van der Waals surface area contributed by atoms with Gasteiger partial charge >= 0.3 is 6.03 Å². The average molecular weight is 282 g/mol. The summed E-state index contributed by atoms with van der Waals surface area (Å²) in [5.41, 5.74) is 2.31. The van der Waals surface area contributed by atoms with E-state index in [0.717, 1.165) is 38.2 Å². The van der Waals surface area contributed by atoms with E-state index in [1.807, 2.05) is 28.0 Å². The molecule has 0 bridgehead atoms. The standard InChI is InChI=1S/C16H18N4O/c17-11-18-9-13-6-8-20(15(13)10-18)16(21)19-7-5-12-3-1-2-4-14(12)19/h1-4,13,15H,5-10H2/t13-,15+/m1/s1. The SMILES string of the molecule is N#CN1C[C@H]2CCN(C(=O)N3CCc4ccccc43)[C@H]2C1. The molecule has 3 aliphatic rings. The summed E-state index contributed by atoms with van der Waals surface area (Å²) in [4.78, 5) is 18.6. The van der Waals surface area contributed by atoms with E-state index in [-0.39, 0.29) is 12.1 Å². The number of rotatable bonds is 0. The number of nitrogens with zero attached hydrogens (tertiary/aromatic N) is 4. The molecule has 0 aliphatic carbocycles. The van der Waals surface area contributed by atoms with Gasteiger partial charge in [0.1, 0.15) is 0 Å². The highest BCUT2D eigenvalue weighted by molar-refractivity contribution is 5.94. The highest BCUT2D eigenvalue weighted by atomic mass is 16.2. The lowest BCUT2D eigenvalue weighted by atomic mass is 10.1. The van der Waals surface area contributed by atoms with Crippen LogP contribution in [0.5, 0.6) is 0 Å². The van der Waals surface area contributed by atoms with Gasteiger partial charge in [-0.3, -0.25) is 4.90 Å². The molecule has 1 aromatic carbocycles. The van der Waals surface area contributed by atoms with Gasteiger partial charge < -0.3 is 9.80 Å². The molecule has 2 atom stereocenters. The van der Waals surface area contributed by atoms with Crippen molar-refractivity contribution in [1.29, 1.82) is 5.26 Å². The first-order valence-corrected chi connectivity index (χ1v) is 7.58.